The van der Waals surface area contributed by atoms with Crippen LogP contribution in [0.5, 0.6) is 0 Å². The predicted molar refractivity (Wildman–Crippen MR) is 88.9 cm³/mol. The fourth-order valence-corrected chi connectivity index (χ4v) is 3.54. The van der Waals surface area contributed by atoms with E-state index in [4.69, 9.17) is 0 Å². The largest absolute Gasteiger partial charge is 0.353 e. The quantitative estimate of drug-likeness (QED) is 0.691. The van der Waals surface area contributed by atoms with E-state index in [2.05, 4.69) is 20.3 Å². The van der Waals surface area contributed by atoms with Crippen LogP contribution in [0.1, 0.15) is 26.3 Å². The molecule has 0 saturated carbocycles. The molecule has 0 radical (unpaired) electrons. The average molecular weight is 338 g/mol. The van der Waals surface area contributed by atoms with E-state index in [0.29, 0.717) is 12.1 Å². The number of nitrogens with zero attached hydrogens (tertiary/aromatic N) is 1. The summed E-state index contributed by atoms with van der Waals surface area (Å²) in [7, 11) is -3.58. The number of fused-ring (bicyclic) bond motifs is 1. The second kappa shape index (κ2) is 7.10. The molecule has 3 N–H and O–H groups in total. The third-order valence-electron chi connectivity index (χ3n) is 3.50. The minimum absolute atomic E-state index is 0.162. The summed E-state index contributed by atoms with van der Waals surface area (Å²) in [5, 5.41) is 5.99. The summed E-state index contributed by atoms with van der Waals surface area (Å²) in [5.74, 6) is -0.0335. The Kier molecular flexibility index (Phi) is 5.38. The van der Waals surface area contributed by atoms with Gasteiger partial charge in [0.15, 0.2) is 0 Å². The number of amides is 1. The Hall–Kier alpha value is -1.93. The van der Waals surface area contributed by atoms with Gasteiger partial charge in [-0.2, -0.15) is 0 Å². The van der Waals surface area contributed by atoms with Gasteiger partial charge >= 0.3 is 0 Å². The molecule has 0 aromatic heterocycles. The lowest BCUT2D eigenvalue weighted by Crippen LogP contribution is -2.42. The van der Waals surface area contributed by atoms with Gasteiger partial charge < -0.3 is 10.6 Å². The number of aliphatic imine (C=N–C) groups is 1. The zero-order valence-electron chi connectivity index (χ0n) is 13.5. The summed E-state index contributed by atoms with van der Waals surface area (Å²) < 4.78 is 26.4. The molecule has 7 nitrogen and oxygen atoms in total. The molecule has 0 bridgehead atoms. The number of sulfonamides is 1. The molecule has 0 aliphatic carbocycles. The number of carbonyl (C=O) groups excluding carboxylic acids is 1. The fraction of sp³-hybridized carbons (Fsp3) is 0.467. The minimum atomic E-state index is -3.58. The highest BCUT2D eigenvalue weighted by molar-refractivity contribution is 7.90. The van der Waals surface area contributed by atoms with Crippen LogP contribution in [-0.2, 0) is 14.8 Å². The van der Waals surface area contributed by atoms with Crippen molar-refractivity contribution in [2.24, 2.45) is 4.99 Å². The lowest BCUT2D eigenvalue weighted by Gasteiger charge is -2.15. The van der Waals surface area contributed by atoms with Crippen molar-refractivity contribution in [3.8, 4) is 0 Å². The van der Waals surface area contributed by atoms with Crippen LogP contribution in [0.25, 0.3) is 0 Å². The van der Waals surface area contributed by atoms with E-state index in [0.717, 1.165) is 6.54 Å². The zero-order valence-corrected chi connectivity index (χ0v) is 14.3. The van der Waals surface area contributed by atoms with Gasteiger partial charge in [0.25, 0.3) is 10.0 Å². The maximum absolute atomic E-state index is 12.1. The lowest BCUT2D eigenvalue weighted by molar-refractivity contribution is -0.122. The Morgan fingerprint density at radius 3 is 2.70 bits per heavy atom. The van der Waals surface area contributed by atoms with Crippen molar-refractivity contribution in [2.45, 2.75) is 37.8 Å². The smallest absolute Gasteiger partial charge is 0.263 e. The molecular weight excluding hydrogens is 316 g/mol. The van der Waals surface area contributed by atoms with Crippen molar-refractivity contribution in [1.82, 2.24) is 15.4 Å². The van der Waals surface area contributed by atoms with Crippen LogP contribution >= 0.6 is 0 Å². The number of benzene rings is 1. The Labute approximate surface area is 136 Å². The fourth-order valence-electron chi connectivity index (χ4n) is 2.30. The Balaban J connectivity index is 2.09. The maximum Gasteiger partial charge on any atom is 0.263 e. The molecule has 1 aliphatic heterocycles. The van der Waals surface area contributed by atoms with Crippen molar-refractivity contribution in [2.75, 3.05) is 13.1 Å². The van der Waals surface area contributed by atoms with E-state index in [1.807, 2.05) is 13.8 Å². The lowest BCUT2D eigenvalue weighted by atomic mass is 10.2. The zero-order chi connectivity index (χ0) is 17.0. The van der Waals surface area contributed by atoms with Crippen molar-refractivity contribution < 1.29 is 13.2 Å². The molecule has 2 rings (SSSR count). The van der Waals surface area contributed by atoms with Crippen LogP contribution < -0.4 is 15.4 Å². The topological polar surface area (TPSA) is 99.7 Å². The second-order valence-corrected chi connectivity index (χ2v) is 7.11. The first-order valence-electron chi connectivity index (χ1n) is 7.56. The normalized spacial score (nSPS) is 19.7. The van der Waals surface area contributed by atoms with Gasteiger partial charge in [0.1, 0.15) is 11.9 Å². The molecule has 8 heteroatoms. The van der Waals surface area contributed by atoms with Crippen molar-refractivity contribution in [1.29, 1.82) is 0 Å². The molecule has 1 heterocycles. The summed E-state index contributed by atoms with van der Waals surface area (Å²) in [6.45, 7) is 6.92. The third kappa shape index (κ3) is 4.08. The third-order valence-corrected chi connectivity index (χ3v) is 4.90. The van der Waals surface area contributed by atoms with Crippen LogP contribution in [0.15, 0.2) is 34.2 Å². The SMILES string of the molecule is CCN[C@H](C)CNC(=O)C(C)N=C1NS(=O)(=O)c2ccccc21. The Bertz CT molecular complexity index is 715. The average Bonchev–Trinajstić information content (AvgIpc) is 2.76. The molecular formula is C15H22N4O3S. The van der Waals surface area contributed by atoms with Gasteiger partial charge in [-0.15, -0.1) is 0 Å². The number of nitrogens with one attached hydrogen (secondary N) is 3. The first-order valence-corrected chi connectivity index (χ1v) is 9.04. The van der Waals surface area contributed by atoms with Gasteiger partial charge in [0.05, 0.1) is 4.90 Å². The molecule has 0 spiro atoms. The van der Waals surface area contributed by atoms with Crippen LogP contribution in [0, 0.1) is 0 Å². The summed E-state index contributed by atoms with van der Waals surface area (Å²) in [5.41, 5.74) is 0.494. The molecule has 1 unspecified atom stereocenters. The van der Waals surface area contributed by atoms with E-state index in [-0.39, 0.29) is 22.7 Å². The van der Waals surface area contributed by atoms with E-state index in [9.17, 15) is 13.2 Å². The van der Waals surface area contributed by atoms with Crippen molar-refractivity contribution >= 4 is 21.8 Å². The van der Waals surface area contributed by atoms with Gasteiger partial charge in [-0.1, -0.05) is 19.1 Å². The first kappa shape index (κ1) is 17.4. The summed E-state index contributed by atoms with van der Waals surface area (Å²) in [6.07, 6.45) is 0. The van der Waals surface area contributed by atoms with Crippen LogP contribution in [-0.4, -0.2) is 45.3 Å². The van der Waals surface area contributed by atoms with Gasteiger partial charge in [-0.3, -0.25) is 14.5 Å². The van der Waals surface area contributed by atoms with Gasteiger partial charge in [-0.25, -0.2) is 8.42 Å². The number of likely N-dealkylation sites (N-methyl/N-ethyl adjacent to an activating group) is 1. The van der Waals surface area contributed by atoms with E-state index >= 15 is 0 Å². The van der Waals surface area contributed by atoms with E-state index in [1.165, 1.54) is 6.07 Å². The van der Waals surface area contributed by atoms with Crippen molar-refractivity contribution in [3.63, 3.8) is 0 Å². The summed E-state index contributed by atoms with van der Waals surface area (Å²) in [6, 6.07) is 6.05. The van der Waals surface area contributed by atoms with Crippen LogP contribution in [0.3, 0.4) is 0 Å². The minimum Gasteiger partial charge on any atom is -0.353 e. The van der Waals surface area contributed by atoms with Crippen LogP contribution in [0.4, 0.5) is 0 Å². The summed E-state index contributed by atoms with van der Waals surface area (Å²) in [4.78, 5) is 16.5. The molecule has 1 aromatic rings. The molecule has 1 aliphatic rings. The highest BCUT2D eigenvalue weighted by atomic mass is 32.2. The van der Waals surface area contributed by atoms with Gasteiger partial charge in [0, 0.05) is 18.2 Å². The Morgan fingerprint density at radius 2 is 2.00 bits per heavy atom. The van der Waals surface area contributed by atoms with E-state index < -0.39 is 16.1 Å². The summed E-state index contributed by atoms with van der Waals surface area (Å²) >= 11 is 0. The van der Waals surface area contributed by atoms with E-state index in [1.54, 1.807) is 25.1 Å². The molecule has 2 atom stereocenters. The highest BCUT2D eigenvalue weighted by Crippen LogP contribution is 2.22. The monoisotopic (exact) mass is 338 g/mol. The number of rotatable bonds is 6. The number of carbonyl (C=O) groups is 1. The number of hydrogen-bond acceptors (Lipinski definition) is 5. The molecule has 0 fully saturated rings. The Morgan fingerprint density at radius 1 is 1.30 bits per heavy atom. The molecule has 1 aromatic carbocycles. The molecule has 126 valence electrons. The van der Waals surface area contributed by atoms with Crippen LogP contribution in [0.2, 0.25) is 0 Å². The van der Waals surface area contributed by atoms with Crippen molar-refractivity contribution in [3.05, 3.63) is 29.8 Å². The predicted octanol–water partition coefficient (Wildman–Crippen LogP) is 0.228. The number of hydrogen-bond donors (Lipinski definition) is 3. The van der Waals surface area contributed by atoms with Gasteiger partial charge in [0.2, 0.25) is 5.91 Å². The maximum atomic E-state index is 12.1. The molecule has 0 saturated heterocycles. The standard InChI is InChI=1S/C15H22N4O3S/c1-4-16-10(2)9-17-15(20)11(3)18-14-12-7-5-6-8-13(12)23(21,22)19-14/h5-8,10-11,16H,4,9H2,1-3H3,(H,17,20)(H,18,19)/t10-,11?/m1/s1. The molecule has 23 heavy (non-hydrogen) atoms. The second-order valence-electron chi connectivity index (χ2n) is 5.46. The number of amidine groups is 1. The molecule has 1 amide bonds. The highest BCUT2D eigenvalue weighted by Gasteiger charge is 2.31. The van der Waals surface area contributed by atoms with Gasteiger partial charge in [-0.05, 0) is 32.5 Å². The first-order chi connectivity index (χ1) is 10.8.